The Bertz CT molecular complexity index is 720. The van der Waals surface area contributed by atoms with Crippen molar-refractivity contribution in [2.75, 3.05) is 13.2 Å². The number of nitrogens with one attached hydrogen (secondary N) is 1. The van der Waals surface area contributed by atoms with Crippen LogP contribution in [0.25, 0.3) is 0 Å². The molecular formula is C24H38N2O4. The van der Waals surface area contributed by atoms with Crippen LogP contribution in [-0.4, -0.2) is 41.3 Å². The van der Waals surface area contributed by atoms with Crippen LogP contribution in [0.4, 0.5) is 0 Å². The molecule has 168 valence electrons. The normalized spacial score (nSPS) is 22.9. The first kappa shape index (κ1) is 24.4. The maximum absolute atomic E-state index is 12.3. The Morgan fingerprint density at radius 3 is 2.27 bits per heavy atom. The SMILES string of the molecule is CC(C)c1cccc(C(C)C)c1C1CCCCC1(CNC(=O)[C@@H](N)CO)CC(=O)O. The van der Waals surface area contributed by atoms with E-state index in [9.17, 15) is 19.8 Å². The number of hydrogen-bond donors (Lipinski definition) is 4. The van der Waals surface area contributed by atoms with E-state index in [1.54, 1.807) is 0 Å². The number of rotatable bonds is 9. The molecule has 1 aliphatic rings. The highest BCUT2D eigenvalue weighted by atomic mass is 16.4. The molecule has 1 saturated carbocycles. The van der Waals surface area contributed by atoms with Crippen LogP contribution in [0.5, 0.6) is 0 Å². The molecule has 0 radical (unpaired) electrons. The Morgan fingerprint density at radius 1 is 1.17 bits per heavy atom. The van der Waals surface area contributed by atoms with Gasteiger partial charge in [-0.15, -0.1) is 0 Å². The van der Waals surface area contributed by atoms with Gasteiger partial charge in [-0.05, 0) is 47.3 Å². The van der Waals surface area contributed by atoms with Gasteiger partial charge in [-0.3, -0.25) is 9.59 Å². The minimum Gasteiger partial charge on any atom is -0.481 e. The smallest absolute Gasteiger partial charge is 0.303 e. The Hall–Kier alpha value is -1.92. The lowest BCUT2D eigenvalue weighted by atomic mass is 9.59. The lowest BCUT2D eigenvalue weighted by Crippen LogP contribution is -2.50. The summed E-state index contributed by atoms with van der Waals surface area (Å²) in [5.41, 5.74) is 8.89. The predicted octanol–water partition coefficient (Wildman–Crippen LogP) is 3.49. The summed E-state index contributed by atoms with van der Waals surface area (Å²) in [6.07, 6.45) is 3.62. The summed E-state index contributed by atoms with van der Waals surface area (Å²) >= 11 is 0. The average molecular weight is 419 g/mol. The van der Waals surface area contributed by atoms with E-state index >= 15 is 0 Å². The first-order valence-electron chi connectivity index (χ1n) is 11.1. The molecule has 1 amide bonds. The molecule has 1 aliphatic carbocycles. The van der Waals surface area contributed by atoms with E-state index in [2.05, 4.69) is 51.2 Å². The highest BCUT2D eigenvalue weighted by Crippen LogP contribution is 2.52. The number of carbonyl (C=O) groups is 2. The van der Waals surface area contributed by atoms with E-state index in [0.717, 1.165) is 25.7 Å². The zero-order valence-corrected chi connectivity index (χ0v) is 18.8. The number of aliphatic hydroxyl groups is 1. The summed E-state index contributed by atoms with van der Waals surface area (Å²) in [5.74, 6) is -0.603. The summed E-state index contributed by atoms with van der Waals surface area (Å²) in [4.78, 5) is 24.2. The van der Waals surface area contributed by atoms with Gasteiger partial charge in [0.2, 0.25) is 5.91 Å². The molecule has 0 aromatic heterocycles. The van der Waals surface area contributed by atoms with Crippen LogP contribution in [0.2, 0.25) is 0 Å². The van der Waals surface area contributed by atoms with Crippen LogP contribution in [0.1, 0.15) is 94.2 Å². The second-order valence-electron chi connectivity index (χ2n) is 9.40. The molecule has 0 heterocycles. The molecule has 3 atom stereocenters. The standard InChI is InChI=1S/C24H38N2O4/c1-15(2)17-8-7-9-18(16(3)4)22(17)19-10-5-6-11-24(19,12-21(28)29)14-26-23(30)20(25)13-27/h7-9,15-16,19-20,27H,5-6,10-14,25H2,1-4H3,(H,26,30)(H,28,29)/t19?,20-,24?/m0/s1. The van der Waals surface area contributed by atoms with Crippen molar-refractivity contribution in [2.24, 2.45) is 11.1 Å². The van der Waals surface area contributed by atoms with E-state index in [1.807, 2.05) is 0 Å². The molecule has 2 rings (SSSR count). The fourth-order valence-electron chi connectivity index (χ4n) is 5.03. The van der Waals surface area contributed by atoms with Crippen LogP contribution < -0.4 is 11.1 Å². The van der Waals surface area contributed by atoms with Crippen LogP contribution in [0, 0.1) is 5.41 Å². The lowest BCUT2D eigenvalue weighted by Gasteiger charge is -2.46. The summed E-state index contributed by atoms with van der Waals surface area (Å²) in [6, 6.07) is 5.42. The third-order valence-electron chi connectivity index (χ3n) is 6.57. The van der Waals surface area contributed by atoms with Crippen molar-refractivity contribution in [1.29, 1.82) is 0 Å². The number of carbonyl (C=O) groups excluding carboxylic acids is 1. The van der Waals surface area contributed by atoms with Gasteiger partial charge in [0, 0.05) is 12.0 Å². The van der Waals surface area contributed by atoms with Gasteiger partial charge < -0.3 is 21.3 Å². The van der Waals surface area contributed by atoms with Gasteiger partial charge in [0.1, 0.15) is 6.04 Å². The summed E-state index contributed by atoms with van der Waals surface area (Å²) in [7, 11) is 0. The highest BCUT2D eigenvalue weighted by Gasteiger charge is 2.45. The van der Waals surface area contributed by atoms with Crippen molar-refractivity contribution in [3.8, 4) is 0 Å². The number of aliphatic hydroxyl groups excluding tert-OH is 1. The number of amides is 1. The highest BCUT2D eigenvalue weighted by molar-refractivity contribution is 5.81. The van der Waals surface area contributed by atoms with Crippen LogP contribution in [-0.2, 0) is 9.59 Å². The molecule has 0 saturated heterocycles. The monoisotopic (exact) mass is 418 g/mol. The van der Waals surface area contributed by atoms with Crippen molar-refractivity contribution in [3.63, 3.8) is 0 Å². The quantitative estimate of drug-likeness (QED) is 0.490. The summed E-state index contributed by atoms with van der Waals surface area (Å²) in [5, 5.41) is 21.9. The van der Waals surface area contributed by atoms with Crippen molar-refractivity contribution >= 4 is 11.9 Å². The zero-order chi connectivity index (χ0) is 22.5. The lowest BCUT2D eigenvalue weighted by molar-refractivity contribution is -0.141. The van der Waals surface area contributed by atoms with Crippen molar-refractivity contribution in [3.05, 3.63) is 34.9 Å². The molecule has 0 aliphatic heterocycles. The molecule has 6 heteroatoms. The first-order valence-corrected chi connectivity index (χ1v) is 11.1. The minimum absolute atomic E-state index is 0.00370. The number of carboxylic acids is 1. The van der Waals surface area contributed by atoms with Gasteiger partial charge >= 0.3 is 5.97 Å². The van der Waals surface area contributed by atoms with Gasteiger partial charge in [-0.2, -0.15) is 0 Å². The largest absolute Gasteiger partial charge is 0.481 e. The number of carboxylic acid groups (broad SMARTS) is 1. The van der Waals surface area contributed by atoms with Gasteiger partial charge in [-0.1, -0.05) is 58.7 Å². The first-order chi connectivity index (χ1) is 14.1. The fourth-order valence-corrected chi connectivity index (χ4v) is 5.03. The maximum Gasteiger partial charge on any atom is 0.303 e. The average Bonchev–Trinajstić information content (AvgIpc) is 2.70. The van der Waals surface area contributed by atoms with E-state index in [1.165, 1.54) is 16.7 Å². The second-order valence-corrected chi connectivity index (χ2v) is 9.40. The van der Waals surface area contributed by atoms with Crippen molar-refractivity contribution in [1.82, 2.24) is 5.32 Å². The Morgan fingerprint density at radius 2 is 1.77 bits per heavy atom. The molecule has 1 aromatic rings. The maximum atomic E-state index is 12.3. The Kier molecular flexibility index (Phi) is 8.44. The molecule has 6 nitrogen and oxygen atoms in total. The third-order valence-corrected chi connectivity index (χ3v) is 6.57. The molecule has 2 unspecified atom stereocenters. The van der Waals surface area contributed by atoms with Crippen LogP contribution >= 0.6 is 0 Å². The molecule has 30 heavy (non-hydrogen) atoms. The van der Waals surface area contributed by atoms with E-state index in [4.69, 9.17) is 5.73 Å². The molecule has 0 bridgehead atoms. The number of benzene rings is 1. The van der Waals surface area contributed by atoms with Crippen LogP contribution in [0.3, 0.4) is 0 Å². The molecular weight excluding hydrogens is 380 g/mol. The van der Waals surface area contributed by atoms with E-state index in [-0.39, 0.29) is 18.9 Å². The predicted molar refractivity (Wildman–Crippen MR) is 119 cm³/mol. The topological polar surface area (TPSA) is 113 Å². The van der Waals surface area contributed by atoms with Gasteiger partial charge in [0.05, 0.1) is 13.0 Å². The van der Waals surface area contributed by atoms with Gasteiger partial charge in [0.15, 0.2) is 0 Å². The fraction of sp³-hybridized carbons (Fsp3) is 0.667. The van der Waals surface area contributed by atoms with Crippen LogP contribution in [0.15, 0.2) is 18.2 Å². The minimum atomic E-state index is -0.997. The summed E-state index contributed by atoms with van der Waals surface area (Å²) < 4.78 is 0. The Balaban J connectivity index is 2.57. The Labute approximate surface area is 180 Å². The summed E-state index contributed by atoms with van der Waals surface area (Å²) in [6.45, 7) is 8.51. The van der Waals surface area contributed by atoms with Gasteiger partial charge in [-0.25, -0.2) is 0 Å². The zero-order valence-electron chi connectivity index (χ0n) is 18.8. The van der Waals surface area contributed by atoms with E-state index < -0.39 is 29.9 Å². The molecule has 0 spiro atoms. The molecule has 5 N–H and O–H groups in total. The number of nitrogens with two attached hydrogens (primary N) is 1. The third kappa shape index (κ3) is 5.41. The molecule has 1 aromatic carbocycles. The number of aliphatic carboxylic acids is 1. The molecule has 1 fully saturated rings. The van der Waals surface area contributed by atoms with Crippen molar-refractivity contribution in [2.45, 2.75) is 83.6 Å². The number of hydrogen-bond acceptors (Lipinski definition) is 4. The van der Waals surface area contributed by atoms with Crippen molar-refractivity contribution < 1.29 is 19.8 Å². The second kappa shape index (κ2) is 10.4. The van der Waals surface area contributed by atoms with Gasteiger partial charge in [0.25, 0.3) is 0 Å². The van der Waals surface area contributed by atoms with E-state index in [0.29, 0.717) is 11.8 Å².